The topological polar surface area (TPSA) is 18.5 Å². The van der Waals surface area contributed by atoms with E-state index in [4.69, 9.17) is 4.74 Å². The van der Waals surface area contributed by atoms with Gasteiger partial charge in [0.1, 0.15) is 5.60 Å². The highest BCUT2D eigenvalue weighted by atomic mass is 19.4. The summed E-state index contributed by atoms with van der Waals surface area (Å²) in [4.78, 5) is 0. The zero-order valence-electron chi connectivity index (χ0n) is 10.4. The van der Waals surface area contributed by atoms with Crippen molar-refractivity contribution < 1.29 is 22.6 Å². The number of hydrogen-bond acceptors (Lipinski definition) is 2. The van der Waals surface area contributed by atoms with Gasteiger partial charge in [-0.3, -0.25) is 0 Å². The lowest BCUT2D eigenvalue weighted by Crippen LogP contribution is -2.25. The van der Waals surface area contributed by atoms with Crippen LogP contribution < -0.4 is 9.47 Å². The van der Waals surface area contributed by atoms with Gasteiger partial charge in [0.25, 0.3) is 0 Å². The second-order valence-corrected chi connectivity index (χ2v) is 4.57. The molecule has 0 atom stereocenters. The van der Waals surface area contributed by atoms with E-state index >= 15 is 0 Å². The molecule has 0 aliphatic rings. The minimum atomic E-state index is -4.79. The summed E-state index contributed by atoms with van der Waals surface area (Å²) in [7, 11) is 0. The van der Waals surface area contributed by atoms with Gasteiger partial charge in [-0.2, -0.15) is 0 Å². The van der Waals surface area contributed by atoms with E-state index in [-0.39, 0.29) is 11.3 Å². The molecule has 1 aromatic rings. The maximum atomic E-state index is 12.3. The Morgan fingerprint density at radius 3 is 2.17 bits per heavy atom. The van der Waals surface area contributed by atoms with E-state index in [0.29, 0.717) is 0 Å². The molecule has 1 rings (SSSR count). The molecule has 5 heteroatoms. The standard InChI is InChI=1S/C13H14F3O2/c1-5-9-7-6-8-10(17-12(2,3)4)11(9)18-13(14,15)16/h6-8H,1H2,2-4H3. The van der Waals surface area contributed by atoms with Crippen LogP contribution in [-0.4, -0.2) is 12.0 Å². The Labute approximate surface area is 104 Å². The van der Waals surface area contributed by atoms with Crippen LogP contribution >= 0.6 is 0 Å². The lowest BCUT2D eigenvalue weighted by atomic mass is 10.1. The van der Waals surface area contributed by atoms with Gasteiger partial charge in [0.05, 0.1) is 0 Å². The first-order valence-electron chi connectivity index (χ1n) is 5.23. The highest BCUT2D eigenvalue weighted by Crippen LogP contribution is 2.37. The van der Waals surface area contributed by atoms with Crippen molar-refractivity contribution in [3.8, 4) is 11.5 Å². The van der Waals surface area contributed by atoms with E-state index in [0.717, 1.165) is 0 Å². The Balaban J connectivity index is 3.20. The predicted octanol–water partition coefficient (Wildman–Crippen LogP) is 4.10. The molecule has 0 amide bonds. The Morgan fingerprint density at radius 1 is 1.11 bits per heavy atom. The van der Waals surface area contributed by atoms with Crippen LogP contribution in [0.4, 0.5) is 13.2 Å². The van der Waals surface area contributed by atoms with Crippen LogP contribution in [0.2, 0.25) is 0 Å². The zero-order valence-corrected chi connectivity index (χ0v) is 10.4. The largest absolute Gasteiger partial charge is 0.573 e. The number of benzene rings is 1. The molecule has 0 heterocycles. The minimum Gasteiger partial charge on any atom is -0.484 e. The van der Waals surface area contributed by atoms with Gasteiger partial charge in [0.2, 0.25) is 0 Å². The second-order valence-electron chi connectivity index (χ2n) is 4.57. The van der Waals surface area contributed by atoms with Crippen LogP contribution in [0.25, 0.3) is 0 Å². The second kappa shape index (κ2) is 4.92. The minimum absolute atomic E-state index is 0.00785. The van der Waals surface area contributed by atoms with Crippen LogP contribution in [0.3, 0.4) is 0 Å². The molecule has 2 nitrogen and oxygen atoms in total. The van der Waals surface area contributed by atoms with E-state index in [2.05, 4.69) is 17.4 Å². The molecule has 99 valence electrons. The average molecular weight is 259 g/mol. The van der Waals surface area contributed by atoms with Crippen molar-refractivity contribution in [2.24, 2.45) is 0 Å². The molecule has 0 aliphatic heterocycles. The summed E-state index contributed by atoms with van der Waals surface area (Å²) in [5.74, 6) is -0.414. The first kappa shape index (κ1) is 14.4. The van der Waals surface area contributed by atoms with E-state index in [1.165, 1.54) is 12.1 Å². The molecular formula is C13H14F3O2. The Kier molecular flexibility index (Phi) is 3.94. The Bertz CT molecular complexity index is 431. The summed E-state index contributed by atoms with van der Waals surface area (Å²) >= 11 is 0. The third-order valence-electron chi connectivity index (χ3n) is 1.80. The van der Waals surface area contributed by atoms with Gasteiger partial charge >= 0.3 is 6.36 Å². The van der Waals surface area contributed by atoms with Crippen LogP contribution in [0, 0.1) is 6.08 Å². The van der Waals surface area contributed by atoms with Crippen molar-refractivity contribution in [3.63, 3.8) is 0 Å². The van der Waals surface area contributed by atoms with Crippen LogP contribution in [0.15, 0.2) is 24.8 Å². The van der Waals surface area contributed by atoms with E-state index in [9.17, 15) is 13.2 Å². The van der Waals surface area contributed by atoms with Crippen LogP contribution in [0.5, 0.6) is 11.5 Å². The molecule has 18 heavy (non-hydrogen) atoms. The molecule has 0 aliphatic carbocycles. The maximum Gasteiger partial charge on any atom is 0.573 e. The molecule has 0 aromatic heterocycles. The fraction of sp³-hybridized carbons (Fsp3) is 0.385. The third kappa shape index (κ3) is 4.31. The van der Waals surface area contributed by atoms with Gasteiger partial charge in [0, 0.05) is 5.56 Å². The molecule has 0 saturated heterocycles. The van der Waals surface area contributed by atoms with Crippen molar-refractivity contribution >= 4 is 0 Å². The van der Waals surface area contributed by atoms with Crippen molar-refractivity contribution in [2.75, 3.05) is 0 Å². The molecule has 0 spiro atoms. The normalized spacial score (nSPS) is 12.1. The number of ether oxygens (including phenoxy) is 2. The van der Waals surface area contributed by atoms with Crippen LogP contribution in [0.1, 0.15) is 26.3 Å². The smallest absolute Gasteiger partial charge is 0.484 e. The van der Waals surface area contributed by atoms with Crippen molar-refractivity contribution in [2.45, 2.75) is 32.7 Å². The quantitative estimate of drug-likeness (QED) is 0.813. The van der Waals surface area contributed by atoms with E-state index < -0.39 is 17.7 Å². The first-order chi connectivity index (χ1) is 8.12. The fourth-order valence-corrected chi connectivity index (χ4v) is 1.29. The van der Waals surface area contributed by atoms with E-state index in [1.807, 2.05) is 0 Å². The molecule has 0 N–H and O–H groups in total. The number of rotatable bonds is 3. The highest BCUT2D eigenvalue weighted by Gasteiger charge is 2.34. The SMILES string of the molecule is C=[C]c1cccc(OC(C)(C)C)c1OC(F)(F)F. The Hall–Kier alpha value is -1.65. The molecule has 0 bridgehead atoms. The van der Waals surface area contributed by atoms with Gasteiger partial charge < -0.3 is 9.47 Å². The van der Waals surface area contributed by atoms with Gasteiger partial charge in [-0.25, -0.2) is 0 Å². The van der Waals surface area contributed by atoms with E-state index in [1.54, 1.807) is 26.8 Å². The van der Waals surface area contributed by atoms with Gasteiger partial charge in [-0.15, -0.1) is 13.2 Å². The van der Waals surface area contributed by atoms with Gasteiger partial charge in [-0.05, 0) is 32.9 Å². The summed E-state index contributed by atoms with van der Waals surface area (Å²) < 4.78 is 46.4. The average Bonchev–Trinajstić information content (AvgIpc) is 2.16. The molecular weight excluding hydrogens is 245 g/mol. The van der Waals surface area contributed by atoms with Crippen molar-refractivity contribution in [1.29, 1.82) is 0 Å². The highest BCUT2D eigenvalue weighted by molar-refractivity contribution is 5.49. The molecule has 1 radical (unpaired) electrons. The maximum absolute atomic E-state index is 12.3. The van der Waals surface area contributed by atoms with Crippen LogP contribution in [-0.2, 0) is 0 Å². The van der Waals surface area contributed by atoms with Crippen molar-refractivity contribution in [1.82, 2.24) is 0 Å². The zero-order chi connectivity index (χ0) is 14.0. The summed E-state index contributed by atoms with van der Waals surface area (Å²) in [6.07, 6.45) is -2.40. The summed E-state index contributed by atoms with van der Waals surface area (Å²) in [6, 6.07) is 4.38. The Morgan fingerprint density at radius 2 is 1.72 bits per heavy atom. The van der Waals surface area contributed by atoms with Gasteiger partial charge in [-0.1, -0.05) is 18.7 Å². The predicted molar refractivity (Wildman–Crippen MR) is 61.5 cm³/mol. The fourth-order valence-electron chi connectivity index (χ4n) is 1.29. The number of halogens is 3. The number of alkyl halides is 3. The molecule has 0 fully saturated rings. The number of para-hydroxylation sites is 1. The molecule has 0 unspecified atom stereocenters. The lowest BCUT2D eigenvalue weighted by molar-refractivity contribution is -0.275. The monoisotopic (exact) mass is 259 g/mol. The van der Waals surface area contributed by atoms with Gasteiger partial charge in [0.15, 0.2) is 11.5 Å². The number of hydrogen-bond donors (Lipinski definition) is 0. The summed E-state index contributed by atoms with van der Waals surface area (Å²) in [6.45, 7) is 8.52. The van der Waals surface area contributed by atoms with Crippen molar-refractivity contribution in [3.05, 3.63) is 36.4 Å². The lowest BCUT2D eigenvalue weighted by Gasteiger charge is -2.24. The summed E-state index contributed by atoms with van der Waals surface area (Å²) in [5, 5.41) is 0. The summed E-state index contributed by atoms with van der Waals surface area (Å²) in [5.41, 5.74) is -0.530. The molecule has 0 saturated carbocycles. The third-order valence-corrected chi connectivity index (χ3v) is 1.80. The molecule has 1 aromatic carbocycles. The first-order valence-corrected chi connectivity index (χ1v) is 5.23.